The van der Waals surface area contributed by atoms with Crippen LogP contribution in [0.15, 0.2) is 83.8 Å². The highest BCUT2D eigenvalue weighted by Gasteiger charge is 2.32. The van der Waals surface area contributed by atoms with E-state index in [0.29, 0.717) is 5.56 Å². The number of hydrogen-bond donors (Lipinski definition) is 1. The molecule has 0 saturated heterocycles. The van der Waals surface area contributed by atoms with Gasteiger partial charge in [0.05, 0.1) is 10.6 Å². The van der Waals surface area contributed by atoms with Gasteiger partial charge >= 0.3 is 0 Å². The number of benzene rings is 3. The predicted molar refractivity (Wildman–Crippen MR) is 128 cm³/mol. The van der Waals surface area contributed by atoms with E-state index in [4.69, 9.17) is 0 Å². The van der Waals surface area contributed by atoms with Gasteiger partial charge in [-0.25, -0.2) is 17.2 Å². The van der Waals surface area contributed by atoms with Crippen molar-refractivity contribution in [3.8, 4) is 0 Å². The zero-order valence-corrected chi connectivity index (χ0v) is 20.0. The van der Waals surface area contributed by atoms with Crippen molar-refractivity contribution in [3.05, 3.63) is 96.1 Å². The second-order valence-electron chi connectivity index (χ2n) is 7.74. The minimum absolute atomic E-state index is 0.0541. The maximum atomic E-state index is 13.6. The van der Waals surface area contributed by atoms with Crippen molar-refractivity contribution in [1.29, 1.82) is 0 Å². The lowest BCUT2D eigenvalue weighted by atomic mass is 10.1. The van der Waals surface area contributed by atoms with Gasteiger partial charge in [-0.05, 0) is 61.0 Å². The summed E-state index contributed by atoms with van der Waals surface area (Å²) >= 11 is 0. The number of likely N-dealkylation sites (N-methyl/N-ethyl adjacent to an activating group) is 1. The highest BCUT2D eigenvalue weighted by molar-refractivity contribution is 7.92. The Balaban J connectivity index is 2.00. The van der Waals surface area contributed by atoms with Crippen LogP contribution in [0.5, 0.6) is 0 Å². The average Bonchev–Trinajstić information content (AvgIpc) is 2.87. The minimum atomic E-state index is -4.21. The van der Waals surface area contributed by atoms with Crippen molar-refractivity contribution >= 4 is 27.5 Å². The third-order valence-electron chi connectivity index (χ3n) is 5.40. The highest BCUT2D eigenvalue weighted by Crippen LogP contribution is 2.24. The van der Waals surface area contributed by atoms with E-state index in [1.165, 1.54) is 67.4 Å². The molecule has 3 rings (SSSR count). The standard InChI is InChI=1S/C25H25F2N3O4S/c1-18(25(32)28-2)29(16-19-8-10-20(26)11-9-19)24(31)17-30(22-14-12-21(27)13-15-22)35(33,34)23-6-4-3-5-7-23/h3-15,18H,16-17H2,1-2H3,(H,28,32)/t18-/m1/s1. The van der Waals surface area contributed by atoms with Crippen LogP contribution in [-0.2, 0) is 26.2 Å². The maximum Gasteiger partial charge on any atom is 0.264 e. The Morgan fingerprint density at radius 2 is 1.43 bits per heavy atom. The number of sulfonamides is 1. The van der Waals surface area contributed by atoms with Crippen LogP contribution in [0.2, 0.25) is 0 Å². The van der Waals surface area contributed by atoms with Crippen molar-refractivity contribution in [1.82, 2.24) is 10.2 Å². The fourth-order valence-corrected chi connectivity index (χ4v) is 4.87. The van der Waals surface area contributed by atoms with Gasteiger partial charge in [0, 0.05) is 13.6 Å². The second kappa shape index (κ2) is 11.1. The predicted octanol–water partition coefficient (Wildman–Crippen LogP) is 3.32. The molecule has 7 nitrogen and oxygen atoms in total. The molecule has 0 aliphatic heterocycles. The van der Waals surface area contributed by atoms with Crippen LogP contribution in [0, 0.1) is 11.6 Å². The molecule has 35 heavy (non-hydrogen) atoms. The summed E-state index contributed by atoms with van der Waals surface area (Å²) in [6, 6.07) is 16.7. The Morgan fingerprint density at radius 3 is 1.97 bits per heavy atom. The Labute approximate surface area is 203 Å². The molecule has 3 aromatic carbocycles. The molecule has 0 bridgehead atoms. The van der Waals surface area contributed by atoms with Crippen LogP contribution in [0.4, 0.5) is 14.5 Å². The molecular formula is C25H25F2N3O4S. The SMILES string of the molecule is CNC(=O)[C@@H](C)N(Cc1ccc(F)cc1)C(=O)CN(c1ccc(F)cc1)S(=O)(=O)c1ccccc1. The van der Waals surface area contributed by atoms with E-state index in [1.807, 2.05) is 0 Å². The Hall–Kier alpha value is -3.79. The summed E-state index contributed by atoms with van der Waals surface area (Å²) in [6.07, 6.45) is 0. The van der Waals surface area contributed by atoms with Gasteiger partial charge in [-0.3, -0.25) is 13.9 Å². The molecular weight excluding hydrogens is 476 g/mol. The summed E-state index contributed by atoms with van der Waals surface area (Å²) in [7, 11) is -2.79. The third-order valence-corrected chi connectivity index (χ3v) is 7.19. The van der Waals surface area contributed by atoms with Gasteiger partial charge in [-0.15, -0.1) is 0 Å². The average molecular weight is 502 g/mol. The summed E-state index contributed by atoms with van der Waals surface area (Å²) in [4.78, 5) is 27.0. The smallest absolute Gasteiger partial charge is 0.264 e. The molecule has 0 unspecified atom stereocenters. The molecule has 1 N–H and O–H groups in total. The summed E-state index contributed by atoms with van der Waals surface area (Å²) in [5.74, 6) is -2.15. The number of halogens is 2. The van der Waals surface area contributed by atoms with Gasteiger partial charge in [0.25, 0.3) is 10.0 Å². The number of carbonyl (C=O) groups excluding carboxylic acids is 2. The van der Waals surface area contributed by atoms with Gasteiger partial charge < -0.3 is 10.2 Å². The molecule has 1 atom stereocenters. The monoisotopic (exact) mass is 501 g/mol. The van der Waals surface area contributed by atoms with Crippen molar-refractivity contribution in [3.63, 3.8) is 0 Å². The summed E-state index contributed by atoms with van der Waals surface area (Å²) in [5, 5.41) is 2.48. The number of amides is 2. The molecule has 0 spiro atoms. The number of nitrogens with zero attached hydrogens (tertiary/aromatic N) is 2. The molecule has 0 saturated carbocycles. The molecule has 3 aromatic rings. The van der Waals surface area contributed by atoms with Crippen LogP contribution in [0.3, 0.4) is 0 Å². The van der Waals surface area contributed by atoms with E-state index in [0.717, 1.165) is 16.4 Å². The fourth-order valence-electron chi connectivity index (χ4n) is 3.43. The molecule has 0 radical (unpaired) electrons. The maximum absolute atomic E-state index is 13.6. The molecule has 0 aliphatic rings. The number of nitrogens with one attached hydrogen (secondary N) is 1. The molecule has 2 amide bonds. The van der Waals surface area contributed by atoms with Crippen molar-refractivity contribution in [2.24, 2.45) is 0 Å². The van der Waals surface area contributed by atoms with Crippen LogP contribution in [0.1, 0.15) is 12.5 Å². The molecule has 184 valence electrons. The molecule has 0 aromatic heterocycles. The Kier molecular flexibility index (Phi) is 8.18. The van der Waals surface area contributed by atoms with Gasteiger partial charge in [0.1, 0.15) is 24.2 Å². The number of rotatable bonds is 9. The highest BCUT2D eigenvalue weighted by atomic mass is 32.2. The fraction of sp³-hybridized carbons (Fsp3) is 0.200. The molecule has 0 fully saturated rings. The number of hydrogen-bond acceptors (Lipinski definition) is 4. The van der Waals surface area contributed by atoms with E-state index in [1.54, 1.807) is 18.2 Å². The van der Waals surface area contributed by atoms with Crippen LogP contribution >= 0.6 is 0 Å². The second-order valence-corrected chi connectivity index (χ2v) is 9.60. The van der Waals surface area contributed by atoms with E-state index in [9.17, 15) is 26.8 Å². The zero-order chi connectivity index (χ0) is 25.6. The lowest BCUT2D eigenvalue weighted by Gasteiger charge is -2.31. The first-order chi connectivity index (χ1) is 16.6. The molecule has 0 aliphatic carbocycles. The van der Waals surface area contributed by atoms with E-state index in [-0.39, 0.29) is 17.1 Å². The lowest BCUT2D eigenvalue weighted by molar-refractivity contribution is -0.139. The minimum Gasteiger partial charge on any atom is -0.357 e. The van der Waals surface area contributed by atoms with Gasteiger partial charge in [-0.2, -0.15) is 0 Å². The van der Waals surface area contributed by atoms with Crippen LogP contribution < -0.4 is 9.62 Å². The largest absolute Gasteiger partial charge is 0.357 e. The van der Waals surface area contributed by atoms with Crippen LogP contribution in [0.25, 0.3) is 0 Å². The van der Waals surface area contributed by atoms with Crippen molar-refractivity contribution in [2.45, 2.75) is 24.4 Å². The summed E-state index contributed by atoms with van der Waals surface area (Å²) < 4.78 is 54.7. The third kappa shape index (κ3) is 6.21. The Morgan fingerprint density at radius 1 is 0.886 bits per heavy atom. The first-order valence-corrected chi connectivity index (χ1v) is 12.2. The Bertz CT molecular complexity index is 1270. The number of carbonyl (C=O) groups is 2. The first kappa shape index (κ1) is 25.8. The summed E-state index contributed by atoms with van der Waals surface area (Å²) in [6.45, 7) is 0.802. The lowest BCUT2D eigenvalue weighted by Crippen LogP contribution is -2.50. The van der Waals surface area contributed by atoms with Crippen molar-refractivity contribution in [2.75, 3.05) is 17.9 Å². The molecule has 10 heteroatoms. The topological polar surface area (TPSA) is 86.8 Å². The zero-order valence-electron chi connectivity index (χ0n) is 19.2. The van der Waals surface area contributed by atoms with Gasteiger partial charge in [0.2, 0.25) is 11.8 Å². The molecule has 0 heterocycles. The van der Waals surface area contributed by atoms with Gasteiger partial charge in [0.15, 0.2) is 0 Å². The number of anilines is 1. The normalized spacial score (nSPS) is 12.0. The van der Waals surface area contributed by atoms with E-state index < -0.39 is 46.1 Å². The quantitative estimate of drug-likeness (QED) is 0.487. The van der Waals surface area contributed by atoms with Crippen LogP contribution in [-0.4, -0.2) is 44.8 Å². The van der Waals surface area contributed by atoms with Gasteiger partial charge in [-0.1, -0.05) is 30.3 Å². The summed E-state index contributed by atoms with van der Waals surface area (Å²) in [5.41, 5.74) is 0.632. The van der Waals surface area contributed by atoms with E-state index in [2.05, 4.69) is 5.32 Å². The van der Waals surface area contributed by atoms with E-state index >= 15 is 0 Å². The van der Waals surface area contributed by atoms with Crippen molar-refractivity contribution < 1.29 is 26.8 Å². The first-order valence-electron chi connectivity index (χ1n) is 10.7.